The Bertz CT molecular complexity index is 1010. The van der Waals surface area contributed by atoms with E-state index in [1.54, 1.807) is 6.07 Å². The Morgan fingerprint density at radius 1 is 1.11 bits per heavy atom. The van der Waals surface area contributed by atoms with Crippen molar-refractivity contribution in [2.45, 2.75) is 33.5 Å². The Hall–Kier alpha value is -2.63. The van der Waals surface area contributed by atoms with Crippen LogP contribution in [0, 0.1) is 19.7 Å². The summed E-state index contributed by atoms with van der Waals surface area (Å²) in [5.74, 6) is -1.25. The summed E-state index contributed by atoms with van der Waals surface area (Å²) in [6.45, 7) is 5.05. The molecule has 1 heterocycles. The number of nitrogens with one attached hydrogen (secondary N) is 1. The first-order valence-electron chi connectivity index (χ1n) is 8.99. The lowest BCUT2D eigenvalue weighted by atomic mass is 10.1. The molecule has 0 fully saturated rings. The first-order chi connectivity index (χ1) is 13.4. The van der Waals surface area contributed by atoms with E-state index < -0.39 is 5.97 Å². The van der Waals surface area contributed by atoms with E-state index in [4.69, 9.17) is 11.6 Å². The molecule has 2 aromatic carbocycles. The van der Waals surface area contributed by atoms with Gasteiger partial charge in [0.05, 0.1) is 5.56 Å². The van der Waals surface area contributed by atoms with E-state index >= 15 is 0 Å². The van der Waals surface area contributed by atoms with Gasteiger partial charge >= 0.3 is 5.97 Å². The van der Waals surface area contributed by atoms with E-state index in [0.29, 0.717) is 35.9 Å². The van der Waals surface area contributed by atoms with E-state index in [9.17, 15) is 14.3 Å². The summed E-state index contributed by atoms with van der Waals surface area (Å²) in [4.78, 5) is 11.9. The molecule has 0 aliphatic heterocycles. The molecule has 0 amide bonds. The predicted molar refractivity (Wildman–Crippen MR) is 108 cm³/mol. The predicted octanol–water partition coefficient (Wildman–Crippen LogP) is 4.93. The zero-order valence-electron chi connectivity index (χ0n) is 15.8. The molecule has 0 spiro atoms. The van der Waals surface area contributed by atoms with E-state index in [1.807, 2.05) is 48.7 Å². The number of halogens is 2. The van der Waals surface area contributed by atoms with Crippen LogP contribution in [0.3, 0.4) is 0 Å². The number of nitrogens with zero attached hydrogens (tertiary/aromatic N) is 1. The standard InChI is InChI=1S/C22H22ClFN2O2/c1-14-19(12-25-11-16-6-5-8-18(24)10-16)21(22(27)28)15(2)26(14)13-17-7-3-4-9-20(17)23/h3-10,25H,11-13H2,1-2H3,(H,27,28). The van der Waals surface area contributed by atoms with Crippen molar-refractivity contribution < 1.29 is 14.3 Å². The van der Waals surface area contributed by atoms with Crippen LogP contribution in [-0.2, 0) is 19.6 Å². The Balaban J connectivity index is 1.86. The number of carboxylic acids is 1. The normalized spacial score (nSPS) is 11.0. The van der Waals surface area contributed by atoms with Crippen LogP contribution in [0.1, 0.15) is 38.4 Å². The van der Waals surface area contributed by atoms with Crippen LogP contribution in [0.2, 0.25) is 5.02 Å². The number of aromatic carboxylic acids is 1. The van der Waals surface area contributed by atoms with Crippen LogP contribution in [0.4, 0.5) is 4.39 Å². The van der Waals surface area contributed by atoms with E-state index in [0.717, 1.165) is 22.4 Å². The molecule has 3 aromatic rings. The van der Waals surface area contributed by atoms with E-state index in [1.165, 1.54) is 12.1 Å². The number of carboxylic acid groups (broad SMARTS) is 1. The second-order valence-electron chi connectivity index (χ2n) is 6.74. The summed E-state index contributed by atoms with van der Waals surface area (Å²) in [6, 6.07) is 13.9. The van der Waals surface area contributed by atoms with Crippen LogP contribution in [0.15, 0.2) is 48.5 Å². The number of hydrogen-bond donors (Lipinski definition) is 2. The summed E-state index contributed by atoms with van der Waals surface area (Å²) in [5.41, 5.74) is 4.34. The Kier molecular flexibility index (Phi) is 6.17. The Labute approximate surface area is 168 Å². The van der Waals surface area contributed by atoms with Crippen LogP contribution >= 0.6 is 11.6 Å². The lowest BCUT2D eigenvalue weighted by Crippen LogP contribution is -2.15. The molecule has 0 unspecified atom stereocenters. The smallest absolute Gasteiger partial charge is 0.337 e. The molecule has 28 heavy (non-hydrogen) atoms. The molecule has 146 valence electrons. The van der Waals surface area contributed by atoms with Crippen molar-refractivity contribution in [3.8, 4) is 0 Å². The summed E-state index contributed by atoms with van der Waals surface area (Å²) in [7, 11) is 0. The largest absolute Gasteiger partial charge is 0.478 e. The second-order valence-corrected chi connectivity index (χ2v) is 7.15. The quantitative estimate of drug-likeness (QED) is 0.591. The lowest BCUT2D eigenvalue weighted by Gasteiger charge is -2.11. The van der Waals surface area contributed by atoms with Crippen molar-refractivity contribution in [2.24, 2.45) is 0 Å². The maximum absolute atomic E-state index is 13.3. The first-order valence-corrected chi connectivity index (χ1v) is 9.36. The van der Waals surface area contributed by atoms with Gasteiger partial charge in [-0.1, -0.05) is 41.9 Å². The minimum absolute atomic E-state index is 0.288. The number of benzene rings is 2. The number of carbonyl (C=O) groups is 1. The molecule has 1 aromatic heterocycles. The molecule has 0 saturated carbocycles. The van der Waals surface area contributed by atoms with Gasteiger partial charge in [0, 0.05) is 41.6 Å². The maximum Gasteiger partial charge on any atom is 0.337 e. The fraction of sp³-hybridized carbons (Fsp3) is 0.227. The first kappa shape index (κ1) is 20.1. The highest BCUT2D eigenvalue weighted by molar-refractivity contribution is 6.31. The number of aromatic nitrogens is 1. The second kappa shape index (κ2) is 8.59. The average Bonchev–Trinajstić information content (AvgIpc) is 2.88. The molecular formula is C22H22ClFN2O2. The van der Waals surface area contributed by atoms with Gasteiger partial charge in [0.1, 0.15) is 5.82 Å². The molecule has 0 saturated heterocycles. The molecule has 0 aliphatic rings. The highest BCUT2D eigenvalue weighted by Crippen LogP contribution is 2.26. The third-order valence-electron chi connectivity index (χ3n) is 4.93. The van der Waals surface area contributed by atoms with Crippen LogP contribution in [-0.4, -0.2) is 15.6 Å². The van der Waals surface area contributed by atoms with Gasteiger partial charge < -0.3 is 15.0 Å². The van der Waals surface area contributed by atoms with Crippen molar-refractivity contribution >= 4 is 17.6 Å². The highest BCUT2D eigenvalue weighted by atomic mass is 35.5. The highest BCUT2D eigenvalue weighted by Gasteiger charge is 2.22. The van der Waals surface area contributed by atoms with Crippen molar-refractivity contribution in [1.82, 2.24) is 9.88 Å². The molecule has 4 nitrogen and oxygen atoms in total. The fourth-order valence-corrected chi connectivity index (χ4v) is 3.66. The molecule has 0 radical (unpaired) electrons. The summed E-state index contributed by atoms with van der Waals surface area (Å²) >= 11 is 6.28. The minimum Gasteiger partial charge on any atom is -0.478 e. The van der Waals surface area contributed by atoms with Crippen molar-refractivity contribution in [3.05, 3.63) is 93.0 Å². The van der Waals surface area contributed by atoms with E-state index in [2.05, 4.69) is 5.32 Å². The van der Waals surface area contributed by atoms with Crippen molar-refractivity contribution in [1.29, 1.82) is 0 Å². The van der Waals surface area contributed by atoms with Crippen LogP contribution in [0.5, 0.6) is 0 Å². The third kappa shape index (κ3) is 4.26. The van der Waals surface area contributed by atoms with Crippen molar-refractivity contribution in [3.63, 3.8) is 0 Å². The van der Waals surface area contributed by atoms with Crippen LogP contribution in [0.25, 0.3) is 0 Å². The summed E-state index contributed by atoms with van der Waals surface area (Å²) < 4.78 is 15.3. The number of hydrogen-bond acceptors (Lipinski definition) is 2. The molecule has 2 N–H and O–H groups in total. The molecule has 0 atom stereocenters. The molecule has 0 aliphatic carbocycles. The zero-order chi connectivity index (χ0) is 20.3. The van der Waals surface area contributed by atoms with Gasteiger partial charge in [-0.3, -0.25) is 0 Å². The maximum atomic E-state index is 13.3. The van der Waals surface area contributed by atoms with E-state index in [-0.39, 0.29) is 5.82 Å². The third-order valence-corrected chi connectivity index (χ3v) is 5.30. The molecular weight excluding hydrogens is 379 g/mol. The van der Waals surface area contributed by atoms with Gasteiger partial charge in [0.15, 0.2) is 0 Å². The lowest BCUT2D eigenvalue weighted by molar-refractivity contribution is 0.0694. The molecule has 0 bridgehead atoms. The molecule has 3 rings (SSSR count). The fourth-order valence-electron chi connectivity index (χ4n) is 3.46. The van der Waals surface area contributed by atoms with Crippen molar-refractivity contribution in [2.75, 3.05) is 0 Å². The Morgan fingerprint density at radius 3 is 2.54 bits per heavy atom. The summed E-state index contributed by atoms with van der Waals surface area (Å²) in [5, 5.41) is 13.6. The Morgan fingerprint density at radius 2 is 1.86 bits per heavy atom. The van der Waals surface area contributed by atoms with Crippen LogP contribution < -0.4 is 5.32 Å². The topological polar surface area (TPSA) is 54.3 Å². The van der Waals surface area contributed by atoms with Gasteiger partial charge in [0.25, 0.3) is 0 Å². The SMILES string of the molecule is Cc1c(CNCc2cccc(F)c2)c(C(=O)O)c(C)n1Cc1ccccc1Cl. The van der Waals surface area contributed by atoms with Gasteiger partial charge in [-0.25, -0.2) is 9.18 Å². The zero-order valence-corrected chi connectivity index (χ0v) is 16.6. The minimum atomic E-state index is -0.957. The molecule has 6 heteroatoms. The van der Waals surface area contributed by atoms with Gasteiger partial charge in [-0.05, 0) is 43.2 Å². The summed E-state index contributed by atoms with van der Waals surface area (Å²) in [6.07, 6.45) is 0. The van der Waals surface area contributed by atoms with Gasteiger partial charge in [-0.15, -0.1) is 0 Å². The monoisotopic (exact) mass is 400 g/mol. The van der Waals surface area contributed by atoms with Gasteiger partial charge in [-0.2, -0.15) is 0 Å². The van der Waals surface area contributed by atoms with Gasteiger partial charge in [0.2, 0.25) is 0 Å². The average molecular weight is 401 g/mol. The number of rotatable bonds is 7.